The van der Waals surface area contributed by atoms with Crippen LogP contribution >= 0.6 is 43.2 Å². The fourth-order valence-electron chi connectivity index (χ4n) is 1.63. The summed E-state index contributed by atoms with van der Waals surface area (Å²) in [7, 11) is 0. The van der Waals surface area contributed by atoms with E-state index in [1.165, 1.54) is 17.8 Å². The third-order valence-corrected chi connectivity index (χ3v) is 5.44. The molecule has 2 nitrogen and oxygen atoms in total. The number of hydrogen-bond acceptors (Lipinski definition) is 2. The Balaban J connectivity index is 2.03. The van der Waals surface area contributed by atoms with Crippen LogP contribution < -0.4 is 5.32 Å². The number of nitrogens with one attached hydrogen (secondary N) is 1. The van der Waals surface area contributed by atoms with Gasteiger partial charge in [-0.05, 0) is 47.3 Å². The molecule has 1 fully saturated rings. The predicted molar refractivity (Wildman–Crippen MR) is 69.9 cm³/mol. The minimum absolute atomic E-state index is 0.00749. The summed E-state index contributed by atoms with van der Waals surface area (Å²) in [6, 6.07) is 3.76. The monoisotopic (exact) mass is 351 g/mol. The van der Waals surface area contributed by atoms with Gasteiger partial charge in [0.1, 0.15) is 0 Å². The van der Waals surface area contributed by atoms with E-state index in [0.29, 0.717) is 0 Å². The minimum Gasteiger partial charge on any atom is -0.345 e. The number of alkyl halides is 1. The van der Waals surface area contributed by atoms with Gasteiger partial charge in [0.25, 0.3) is 5.91 Å². The molecular weight excluding hydrogens is 342 g/mol. The standard InChI is InChI=1S/C10H11Br2NOS/c11-6-10(4-1-5-10)13-9(14)7-2-3-8(12)15-7/h2-3H,1,4-6H2,(H,13,14). The Kier molecular flexibility index (Phi) is 3.52. The highest BCUT2D eigenvalue weighted by atomic mass is 79.9. The summed E-state index contributed by atoms with van der Waals surface area (Å²) in [5.41, 5.74) is 0.00749. The maximum atomic E-state index is 11.9. The van der Waals surface area contributed by atoms with Crippen molar-refractivity contribution >= 4 is 49.1 Å². The zero-order valence-corrected chi connectivity index (χ0v) is 12.0. The minimum atomic E-state index is 0.00749. The Morgan fingerprint density at radius 3 is 2.67 bits per heavy atom. The van der Waals surface area contributed by atoms with E-state index >= 15 is 0 Å². The van der Waals surface area contributed by atoms with Gasteiger partial charge >= 0.3 is 0 Å². The van der Waals surface area contributed by atoms with Gasteiger partial charge in [-0.3, -0.25) is 4.79 Å². The van der Waals surface area contributed by atoms with Crippen molar-refractivity contribution in [1.29, 1.82) is 0 Å². The van der Waals surface area contributed by atoms with Crippen LogP contribution in [0.2, 0.25) is 0 Å². The Morgan fingerprint density at radius 2 is 2.27 bits per heavy atom. The molecule has 0 spiro atoms. The lowest BCUT2D eigenvalue weighted by Gasteiger charge is -2.41. The van der Waals surface area contributed by atoms with Gasteiger partial charge in [-0.15, -0.1) is 11.3 Å². The Labute approximate surface area is 110 Å². The van der Waals surface area contributed by atoms with E-state index in [2.05, 4.69) is 37.2 Å². The summed E-state index contributed by atoms with van der Waals surface area (Å²) in [4.78, 5) is 12.7. The summed E-state index contributed by atoms with van der Waals surface area (Å²) >= 11 is 8.30. The maximum Gasteiger partial charge on any atom is 0.261 e. The number of hydrogen-bond donors (Lipinski definition) is 1. The number of amides is 1. The SMILES string of the molecule is O=C(NC1(CBr)CCC1)c1ccc(Br)s1. The molecule has 1 aromatic heterocycles. The lowest BCUT2D eigenvalue weighted by Crippen LogP contribution is -2.54. The molecule has 0 bridgehead atoms. The number of carbonyl (C=O) groups is 1. The second kappa shape index (κ2) is 4.55. The van der Waals surface area contributed by atoms with E-state index in [-0.39, 0.29) is 11.4 Å². The summed E-state index contributed by atoms with van der Waals surface area (Å²) in [5, 5.41) is 3.96. The number of carbonyl (C=O) groups excluding carboxylic acids is 1. The Bertz CT molecular complexity index is 368. The van der Waals surface area contributed by atoms with Crippen LogP contribution in [-0.2, 0) is 0 Å². The quantitative estimate of drug-likeness (QED) is 0.828. The number of thiophene rings is 1. The highest BCUT2D eigenvalue weighted by molar-refractivity contribution is 9.11. The lowest BCUT2D eigenvalue weighted by molar-refractivity contribution is 0.0861. The molecule has 0 radical (unpaired) electrons. The van der Waals surface area contributed by atoms with Crippen LogP contribution in [0.15, 0.2) is 15.9 Å². The van der Waals surface area contributed by atoms with Crippen molar-refractivity contribution in [3.63, 3.8) is 0 Å². The second-order valence-corrected chi connectivity index (χ2v) is 6.85. The van der Waals surface area contributed by atoms with Crippen LogP contribution in [0.1, 0.15) is 28.9 Å². The van der Waals surface area contributed by atoms with E-state index < -0.39 is 0 Å². The highest BCUT2D eigenvalue weighted by Crippen LogP contribution is 2.34. The van der Waals surface area contributed by atoms with Crippen molar-refractivity contribution in [2.45, 2.75) is 24.8 Å². The molecule has 0 aliphatic heterocycles. The average molecular weight is 353 g/mol. The van der Waals surface area contributed by atoms with Crippen molar-refractivity contribution in [2.24, 2.45) is 0 Å². The summed E-state index contributed by atoms with van der Waals surface area (Å²) in [6.07, 6.45) is 3.37. The molecular formula is C10H11Br2NOS. The van der Waals surface area contributed by atoms with Gasteiger partial charge in [0.2, 0.25) is 0 Å². The first-order valence-electron chi connectivity index (χ1n) is 4.79. The maximum absolute atomic E-state index is 11.9. The van der Waals surface area contributed by atoms with Gasteiger partial charge in [-0.25, -0.2) is 0 Å². The molecule has 15 heavy (non-hydrogen) atoms. The third-order valence-electron chi connectivity index (χ3n) is 2.74. The molecule has 0 saturated heterocycles. The average Bonchev–Trinajstić information content (AvgIpc) is 2.58. The first-order chi connectivity index (χ1) is 7.15. The van der Waals surface area contributed by atoms with Crippen molar-refractivity contribution < 1.29 is 4.79 Å². The molecule has 1 N–H and O–H groups in total. The molecule has 2 rings (SSSR count). The van der Waals surface area contributed by atoms with Gasteiger partial charge in [0.15, 0.2) is 0 Å². The van der Waals surface area contributed by atoms with Gasteiger partial charge in [0, 0.05) is 5.33 Å². The second-order valence-electron chi connectivity index (χ2n) is 3.83. The van der Waals surface area contributed by atoms with Crippen LogP contribution in [0.3, 0.4) is 0 Å². The van der Waals surface area contributed by atoms with Gasteiger partial charge in [-0.1, -0.05) is 15.9 Å². The highest BCUT2D eigenvalue weighted by Gasteiger charge is 2.37. The number of rotatable bonds is 3. The number of halogens is 2. The molecule has 0 unspecified atom stereocenters. The van der Waals surface area contributed by atoms with Crippen molar-refractivity contribution in [3.05, 3.63) is 20.8 Å². The normalized spacial score (nSPS) is 18.3. The van der Waals surface area contributed by atoms with E-state index in [1.807, 2.05) is 12.1 Å². The molecule has 0 aromatic carbocycles. The van der Waals surface area contributed by atoms with Crippen LogP contribution in [-0.4, -0.2) is 16.8 Å². The van der Waals surface area contributed by atoms with Crippen LogP contribution in [0.25, 0.3) is 0 Å². The van der Waals surface area contributed by atoms with Crippen LogP contribution in [0.4, 0.5) is 0 Å². The lowest BCUT2D eigenvalue weighted by atomic mass is 9.78. The van der Waals surface area contributed by atoms with Gasteiger partial charge < -0.3 is 5.32 Å². The van der Waals surface area contributed by atoms with Crippen molar-refractivity contribution in [2.75, 3.05) is 5.33 Å². The topological polar surface area (TPSA) is 29.1 Å². The summed E-state index contributed by atoms with van der Waals surface area (Å²) < 4.78 is 0.995. The van der Waals surface area contributed by atoms with E-state index in [9.17, 15) is 4.79 Å². The van der Waals surface area contributed by atoms with Crippen LogP contribution in [0, 0.1) is 0 Å². The van der Waals surface area contributed by atoms with E-state index in [4.69, 9.17) is 0 Å². The molecule has 1 heterocycles. The zero-order valence-electron chi connectivity index (χ0n) is 8.06. The molecule has 1 amide bonds. The largest absolute Gasteiger partial charge is 0.345 e. The molecule has 82 valence electrons. The molecule has 1 aliphatic rings. The van der Waals surface area contributed by atoms with E-state index in [1.54, 1.807) is 0 Å². The van der Waals surface area contributed by atoms with Gasteiger partial charge in [-0.2, -0.15) is 0 Å². The Hall–Kier alpha value is 0.130. The molecule has 1 aliphatic carbocycles. The fourth-order valence-corrected chi connectivity index (χ4v) is 3.62. The first kappa shape index (κ1) is 11.6. The summed E-state index contributed by atoms with van der Waals surface area (Å²) in [5.74, 6) is 0.0462. The predicted octanol–water partition coefficient (Wildman–Crippen LogP) is 3.56. The molecule has 1 aromatic rings. The molecule has 1 saturated carbocycles. The summed E-state index contributed by atoms with van der Waals surface area (Å²) in [6.45, 7) is 0. The smallest absolute Gasteiger partial charge is 0.261 e. The van der Waals surface area contributed by atoms with Crippen molar-refractivity contribution in [3.8, 4) is 0 Å². The van der Waals surface area contributed by atoms with E-state index in [0.717, 1.165) is 26.8 Å². The van der Waals surface area contributed by atoms with Crippen LogP contribution in [0.5, 0.6) is 0 Å². The first-order valence-corrected chi connectivity index (χ1v) is 7.52. The molecule has 5 heteroatoms. The van der Waals surface area contributed by atoms with Crippen molar-refractivity contribution in [1.82, 2.24) is 5.32 Å². The van der Waals surface area contributed by atoms with Gasteiger partial charge in [0.05, 0.1) is 14.2 Å². The fraction of sp³-hybridized carbons (Fsp3) is 0.500. The third kappa shape index (κ3) is 2.45. The Morgan fingerprint density at radius 1 is 1.53 bits per heavy atom. The zero-order chi connectivity index (χ0) is 10.9. The molecule has 0 atom stereocenters.